The van der Waals surface area contributed by atoms with Gasteiger partial charge in [-0.3, -0.25) is 9.69 Å². The maximum Gasteiger partial charge on any atom is 0.306 e. The SMILES string of the molecule is COc1cc(-c2cc3cc(CN4CC(C)CC(C)C4)ccc3[nH]2)c2c(c1OS(C)(=O)=O)CNC2=O.Cl. The van der Waals surface area contributed by atoms with Crippen molar-refractivity contribution in [2.75, 3.05) is 26.5 Å². The van der Waals surface area contributed by atoms with Crippen LogP contribution < -0.4 is 14.2 Å². The van der Waals surface area contributed by atoms with Gasteiger partial charge in [-0.25, -0.2) is 0 Å². The maximum atomic E-state index is 12.7. The lowest BCUT2D eigenvalue weighted by Crippen LogP contribution is -2.38. The van der Waals surface area contributed by atoms with E-state index in [1.165, 1.54) is 19.1 Å². The van der Waals surface area contributed by atoms with Crippen molar-refractivity contribution in [2.24, 2.45) is 11.8 Å². The number of carbonyl (C=O) groups excluding carboxylic acids is 1. The topological polar surface area (TPSA) is 101 Å². The molecule has 10 heteroatoms. The fourth-order valence-electron chi connectivity index (χ4n) is 5.59. The van der Waals surface area contributed by atoms with Gasteiger partial charge in [0.1, 0.15) is 0 Å². The zero-order valence-corrected chi connectivity index (χ0v) is 22.5. The Labute approximate surface area is 217 Å². The lowest BCUT2D eigenvalue weighted by Gasteiger charge is -2.35. The number of carbonyl (C=O) groups is 1. The van der Waals surface area contributed by atoms with Crippen molar-refractivity contribution in [3.63, 3.8) is 0 Å². The number of hydrogen-bond donors (Lipinski definition) is 2. The van der Waals surface area contributed by atoms with Crippen molar-refractivity contribution < 1.29 is 22.1 Å². The molecule has 1 amide bonds. The number of halogens is 1. The van der Waals surface area contributed by atoms with Gasteiger partial charge in [-0.2, -0.15) is 8.42 Å². The van der Waals surface area contributed by atoms with Crippen LogP contribution in [0.15, 0.2) is 30.3 Å². The van der Waals surface area contributed by atoms with Gasteiger partial charge in [0.15, 0.2) is 11.5 Å². The van der Waals surface area contributed by atoms with Crippen molar-refractivity contribution in [2.45, 2.75) is 33.4 Å². The van der Waals surface area contributed by atoms with E-state index in [1.54, 1.807) is 6.07 Å². The molecule has 5 rings (SSSR count). The monoisotopic (exact) mass is 533 g/mol. The number of aromatic amines is 1. The maximum absolute atomic E-state index is 12.7. The number of piperidine rings is 1. The number of amides is 1. The Kier molecular flexibility index (Phi) is 7.28. The third kappa shape index (κ3) is 5.19. The minimum atomic E-state index is -3.80. The van der Waals surface area contributed by atoms with Crippen LogP contribution >= 0.6 is 12.4 Å². The van der Waals surface area contributed by atoms with Gasteiger partial charge in [0.2, 0.25) is 0 Å². The summed E-state index contributed by atoms with van der Waals surface area (Å²) in [5.41, 5.74) is 4.49. The first kappa shape index (κ1) is 26.3. The van der Waals surface area contributed by atoms with Crippen molar-refractivity contribution in [1.29, 1.82) is 0 Å². The van der Waals surface area contributed by atoms with Gasteiger partial charge in [-0.1, -0.05) is 19.9 Å². The summed E-state index contributed by atoms with van der Waals surface area (Å²) in [6.07, 6.45) is 2.25. The highest BCUT2D eigenvalue weighted by Crippen LogP contribution is 2.43. The number of nitrogens with zero attached hydrogens (tertiary/aromatic N) is 1. The fraction of sp³-hybridized carbons (Fsp3) is 0.423. The third-order valence-electron chi connectivity index (χ3n) is 6.78. The summed E-state index contributed by atoms with van der Waals surface area (Å²) in [6.45, 7) is 7.95. The predicted octanol–water partition coefficient (Wildman–Crippen LogP) is 4.33. The molecule has 2 unspecified atom stereocenters. The largest absolute Gasteiger partial charge is 0.493 e. The quantitative estimate of drug-likeness (QED) is 0.457. The minimum absolute atomic E-state index is 0. The highest BCUT2D eigenvalue weighted by atomic mass is 35.5. The van der Waals surface area contributed by atoms with Gasteiger partial charge in [0, 0.05) is 53.9 Å². The van der Waals surface area contributed by atoms with E-state index in [1.807, 2.05) is 6.07 Å². The molecule has 0 spiro atoms. The Bertz CT molecular complexity index is 1410. The van der Waals surface area contributed by atoms with E-state index >= 15 is 0 Å². The molecule has 2 N–H and O–H groups in total. The summed E-state index contributed by atoms with van der Waals surface area (Å²) in [4.78, 5) is 18.7. The van der Waals surface area contributed by atoms with E-state index in [0.717, 1.165) is 42.5 Å². The summed E-state index contributed by atoms with van der Waals surface area (Å²) in [5, 5.41) is 3.83. The second-order valence-electron chi connectivity index (χ2n) is 10.0. The first-order valence-electron chi connectivity index (χ1n) is 11.9. The van der Waals surface area contributed by atoms with Gasteiger partial charge in [0.25, 0.3) is 5.91 Å². The molecular formula is C26H32ClN3O5S. The summed E-state index contributed by atoms with van der Waals surface area (Å²) >= 11 is 0. The number of likely N-dealkylation sites (tertiary alicyclic amines) is 1. The van der Waals surface area contributed by atoms with Crippen LogP contribution in [0, 0.1) is 11.8 Å². The van der Waals surface area contributed by atoms with Gasteiger partial charge < -0.3 is 19.2 Å². The fourth-order valence-corrected chi connectivity index (χ4v) is 6.08. The molecule has 3 aromatic rings. The van der Waals surface area contributed by atoms with Crippen LogP contribution in [-0.4, -0.2) is 50.7 Å². The molecule has 8 nitrogen and oxygen atoms in total. The zero-order valence-electron chi connectivity index (χ0n) is 20.9. The van der Waals surface area contributed by atoms with Gasteiger partial charge >= 0.3 is 10.1 Å². The molecule has 0 aliphatic carbocycles. The second kappa shape index (κ2) is 9.95. The Morgan fingerprint density at radius 2 is 1.83 bits per heavy atom. The molecule has 0 radical (unpaired) electrons. The van der Waals surface area contributed by atoms with Crippen molar-refractivity contribution in [1.82, 2.24) is 15.2 Å². The summed E-state index contributed by atoms with van der Waals surface area (Å²) in [5.74, 6) is 1.45. The van der Waals surface area contributed by atoms with E-state index in [4.69, 9.17) is 8.92 Å². The Balaban J connectivity index is 0.00000304. The summed E-state index contributed by atoms with van der Waals surface area (Å²) < 4.78 is 34.3. The van der Waals surface area contributed by atoms with Crippen LogP contribution in [0.5, 0.6) is 11.5 Å². The van der Waals surface area contributed by atoms with Gasteiger partial charge in [0.05, 0.1) is 18.9 Å². The van der Waals surface area contributed by atoms with Gasteiger partial charge in [-0.15, -0.1) is 12.4 Å². The minimum Gasteiger partial charge on any atom is -0.493 e. The van der Waals surface area contributed by atoms with Crippen LogP contribution in [0.2, 0.25) is 0 Å². The van der Waals surface area contributed by atoms with Crippen LogP contribution in [0.25, 0.3) is 22.2 Å². The molecule has 0 saturated carbocycles. The first-order chi connectivity index (χ1) is 16.6. The van der Waals surface area contributed by atoms with Crippen LogP contribution in [0.1, 0.15) is 41.8 Å². The Morgan fingerprint density at radius 1 is 1.11 bits per heavy atom. The number of aromatic nitrogens is 1. The molecule has 2 aliphatic rings. The standard InChI is InChI=1S/C26H31N3O5S.ClH/c1-15-7-16(2)13-29(12-15)14-17-5-6-21-18(8-17)9-22(28-21)19-10-23(33-3)25(34-35(4,31)32)20-11-27-26(30)24(19)20;/h5-6,8-10,15-16,28H,7,11-14H2,1-4H3,(H,27,30);1H. The van der Waals surface area contributed by atoms with Crippen LogP contribution in [-0.2, 0) is 23.2 Å². The van der Waals surface area contributed by atoms with E-state index in [9.17, 15) is 13.2 Å². The Hall–Kier alpha value is -2.75. The van der Waals surface area contributed by atoms with E-state index in [0.29, 0.717) is 28.5 Å². The Morgan fingerprint density at radius 3 is 2.50 bits per heavy atom. The van der Waals surface area contributed by atoms with Crippen LogP contribution in [0.3, 0.4) is 0 Å². The average molecular weight is 534 g/mol. The first-order valence-corrected chi connectivity index (χ1v) is 13.7. The van der Waals surface area contributed by atoms with Gasteiger partial charge in [-0.05, 0) is 48.1 Å². The predicted molar refractivity (Wildman–Crippen MR) is 142 cm³/mol. The molecule has 2 aromatic carbocycles. The van der Waals surface area contributed by atoms with E-state index in [2.05, 4.69) is 47.2 Å². The number of fused-ring (bicyclic) bond motifs is 2. The number of benzene rings is 2. The zero-order chi connectivity index (χ0) is 24.9. The van der Waals surface area contributed by atoms with E-state index < -0.39 is 10.1 Å². The highest BCUT2D eigenvalue weighted by Gasteiger charge is 2.32. The van der Waals surface area contributed by atoms with Crippen LogP contribution in [0.4, 0.5) is 0 Å². The molecule has 1 saturated heterocycles. The second-order valence-corrected chi connectivity index (χ2v) is 11.6. The lowest BCUT2D eigenvalue weighted by atomic mass is 9.91. The van der Waals surface area contributed by atoms with Crippen molar-refractivity contribution in [3.05, 3.63) is 47.0 Å². The molecule has 36 heavy (non-hydrogen) atoms. The molecular weight excluding hydrogens is 502 g/mol. The molecule has 194 valence electrons. The number of hydrogen-bond acceptors (Lipinski definition) is 6. The number of methoxy groups -OCH3 is 1. The summed E-state index contributed by atoms with van der Waals surface area (Å²) in [7, 11) is -2.35. The molecule has 2 aliphatic heterocycles. The van der Waals surface area contributed by atoms with Crippen molar-refractivity contribution >= 4 is 39.3 Å². The average Bonchev–Trinajstić information content (AvgIpc) is 3.36. The lowest BCUT2D eigenvalue weighted by molar-refractivity contribution is 0.0966. The molecule has 2 atom stereocenters. The smallest absolute Gasteiger partial charge is 0.306 e. The van der Waals surface area contributed by atoms with Crippen molar-refractivity contribution in [3.8, 4) is 22.8 Å². The third-order valence-corrected chi connectivity index (χ3v) is 7.25. The molecule has 1 aromatic heterocycles. The highest BCUT2D eigenvalue weighted by molar-refractivity contribution is 7.86. The molecule has 1 fully saturated rings. The molecule has 0 bridgehead atoms. The van der Waals surface area contributed by atoms with E-state index in [-0.39, 0.29) is 36.4 Å². The number of nitrogens with one attached hydrogen (secondary N) is 2. The number of ether oxygens (including phenoxy) is 1. The molecule has 3 heterocycles. The normalized spacial score (nSPS) is 20.1. The summed E-state index contributed by atoms with van der Waals surface area (Å²) in [6, 6.07) is 10.1. The number of rotatable bonds is 6. The number of H-pyrrole nitrogens is 1.